The number of Topliss-reactive ketones (excluding diaryl/α,β-unsaturated/α-hetero) is 1. The summed E-state index contributed by atoms with van der Waals surface area (Å²) >= 11 is 1.42. The number of anilines is 2. The van der Waals surface area contributed by atoms with E-state index in [1.165, 1.54) is 0 Å². The number of allylic oxidation sites excluding steroid dienone is 2. The third kappa shape index (κ3) is 6.12. The van der Waals surface area contributed by atoms with Crippen molar-refractivity contribution in [3.63, 3.8) is 0 Å². The maximum absolute atomic E-state index is 13.9. The van der Waals surface area contributed by atoms with Crippen LogP contribution in [-0.2, 0) is 23.5 Å². The van der Waals surface area contributed by atoms with Crippen LogP contribution in [0.25, 0.3) is 17.2 Å². The molecule has 11 heteroatoms. The van der Waals surface area contributed by atoms with Gasteiger partial charge in [-0.3, -0.25) is 4.79 Å². The topological polar surface area (TPSA) is 101 Å². The molecule has 3 aromatic carbocycles. The molecule has 0 spiro atoms. The number of carbonyl (C=O) groups excluding carboxylic acids is 1. The molecule has 0 unspecified atom stereocenters. The highest BCUT2D eigenvalue weighted by atomic mass is 32.2. The number of hydrogen-bond donors (Lipinski definition) is 2. The van der Waals surface area contributed by atoms with Crippen molar-refractivity contribution in [3.8, 4) is 0 Å². The first-order chi connectivity index (χ1) is 18.3. The van der Waals surface area contributed by atoms with Crippen molar-refractivity contribution in [3.05, 3.63) is 93.9 Å². The highest BCUT2D eigenvalue weighted by Crippen LogP contribution is 2.43. The summed E-state index contributed by atoms with van der Waals surface area (Å²) in [6.07, 6.45) is 1.64. The Balaban J connectivity index is 1.98. The van der Waals surface area contributed by atoms with E-state index < -0.39 is 0 Å². The van der Waals surface area contributed by atoms with Gasteiger partial charge in [0.05, 0.1) is 29.0 Å². The SMILES string of the molecule is CN(C)c1ccc(C(=C2C(=O)C(SOOO)=Cc3cc(SOOO)ccc32)c2ccc(N(C)C)cc2)cc1. The molecule has 4 rings (SSSR count). The van der Waals surface area contributed by atoms with E-state index >= 15 is 0 Å². The van der Waals surface area contributed by atoms with Crippen molar-refractivity contribution in [2.75, 3.05) is 38.0 Å². The number of benzene rings is 3. The fourth-order valence-electron chi connectivity index (χ4n) is 4.12. The lowest BCUT2D eigenvalue weighted by Gasteiger charge is -2.23. The van der Waals surface area contributed by atoms with E-state index in [-0.39, 0.29) is 10.7 Å². The van der Waals surface area contributed by atoms with Crippen LogP contribution >= 0.6 is 24.1 Å². The van der Waals surface area contributed by atoms with Crippen LogP contribution in [0, 0.1) is 0 Å². The van der Waals surface area contributed by atoms with Gasteiger partial charge in [0, 0.05) is 55.6 Å². The molecule has 0 amide bonds. The number of rotatable bonds is 10. The van der Waals surface area contributed by atoms with Crippen molar-refractivity contribution < 1.29 is 34.1 Å². The average molecular weight is 555 g/mol. The molecular weight excluding hydrogens is 528 g/mol. The van der Waals surface area contributed by atoms with Crippen LogP contribution in [0.5, 0.6) is 0 Å². The lowest BCUT2D eigenvalue weighted by Crippen LogP contribution is -2.13. The second-order valence-electron chi connectivity index (χ2n) is 8.67. The molecule has 38 heavy (non-hydrogen) atoms. The van der Waals surface area contributed by atoms with E-state index in [1.807, 2.05) is 92.6 Å². The summed E-state index contributed by atoms with van der Waals surface area (Å²) in [7, 11) is 7.86. The Hall–Kier alpha value is -3.13. The number of fused-ring (bicyclic) bond motifs is 1. The average Bonchev–Trinajstić information content (AvgIpc) is 2.92. The molecule has 3 aromatic rings. The third-order valence-electron chi connectivity index (χ3n) is 5.94. The number of carbonyl (C=O) groups is 1. The molecule has 1 aliphatic rings. The maximum Gasteiger partial charge on any atom is 0.203 e. The summed E-state index contributed by atoms with van der Waals surface area (Å²) in [6.45, 7) is 0. The van der Waals surface area contributed by atoms with Crippen molar-refractivity contribution in [2.24, 2.45) is 0 Å². The Bertz CT molecular complexity index is 1300. The van der Waals surface area contributed by atoms with Crippen molar-refractivity contribution >= 4 is 58.5 Å². The van der Waals surface area contributed by atoms with Crippen LogP contribution in [0.4, 0.5) is 11.4 Å². The largest absolute Gasteiger partial charge is 0.378 e. The highest BCUT2D eigenvalue weighted by Gasteiger charge is 2.30. The molecule has 0 aromatic heterocycles. The highest BCUT2D eigenvalue weighted by molar-refractivity contribution is 7.99. The molecular formula is C27H26N2O7S2. The predicted molar refractivity (Wildman–Crippen MR) is 150 cm³/mol. The summed E-state index contributed by atoms with van der Waals surface area (Å²) in [5, 5.41) is 24.8. The van der Waals surface area contributed by atoms with E-state index in [9.17, 15) is 4.79 Å². The van der Waals surface area contributed by atoms with Gasteiger partial charge in [-0.25, -0.2) is 10.5 Å². The second-order valence-corrected chi connectivity index (χ2v) is 10.2. The molecule has 0 saturated carbocycles. The van der Waals surface area contributed by atoms with E-state index in [0.717, 1.165) is 40.1 Å². The van der Waals surface area contributed by atoms with E-state index in [2.05, 4.69) is 18.7 Å². The molecule has 1 aliphatic carbocycles. The van der Waals surface area contributed by atoms with E-state index in [4.69, 9.17) is 10.5 Å². The van der Waals surface area contributed by atoms with E-state index in [0.29, 0.717) is 33.6 Å². The van der Waals surface area contributed by atoms with Gasteiger partial charge in [-0.15, -0.1) is 8.67 Å². The van der Waals surface area contributed by atoms with Crippen LogP contribution < -0.4 is 9.80 Å². The van der Waals surface area contributed by atoms with Gasteiger partial charge in [0.25, 0.3) is 0 Å². The standard InChI is InChI=1S/C27H26N2O7S2/c1-28(2)20-9-5-17(6-10-20)25(18-7-11-21(12-8-18)29(3)4)26-23-14-13-22(37-35-33-31)15-19(23)16-24(27(26)30)38-36-34-32/h5-16,31-32H,1-4H3. The zero-order chi connectivity index (χ0) is 27.2. The molecule has 0 fully saturated rings. The normalized spacial score (nSPS) is 12.7. The number of ketones is 1. The van der Waals surface area contributed by atoms with Gasteiger partial charge < -0.3 is 9.80 Å². The van der Waals surface area contributed by atoms with Gasteiger partial charge in [0.15, 0.2) is 0 Å². The molecule has 0 heterocycles. The summed E-state index contributed by atoms with van der Waals surface area (Å²) < 4.78 is 9.22. The first-order valence-corrected chi connectivity index (χ1v) is 12.8. The monoisotopic (exact) mass is 554 g/mol. The van der Waals surface area contributed by atoms with Crippen molar-refractivity contribution in [1.82, 2.24) is 0 Å². The second kappa shape index (κ2) is 12.6. The van der Waals surface area contributed by atoms with Crippen molar-refractivity contribution in [2.45, 2.75) is 4.90 Å². The lowest BCUT2D eigenvalue weighted by atomic mass is 9.83. The quantitative estimate of drug-likeness (QED) is 0.130. The van der Waals surface area contributed by atoms with Gasteiger partial charge >= 0.3 is 0 Å². The van der Waals surface area contributed by atoms with Crippen LogP contribution in [-0.4, -0.2) is 44.5 Å². The minimum absolute atomic E-state index is 0.204. The first kappa shape index (κ1) is 27.9. The molecule has 198 valence electrons. The molecule has 0 aliphatic heterocycles. The molecule has 0 saturated heterocycles. The summed E-state index contributed by atoms with van der Waals surface area (Å²) in [6, 6.07) is 21.3. The van der Waals surface area contributed by atoms with Crippen LogP contribution in [0.15, 0.2) is 76.5 Å². The van der Waals surface area contributed by atoms with Crippen molar-refractivity contribution in [1.29, 1.82) is 0 Å². The van der Waals surface area contributed by atoms with E-state index in [1.54, 1.807) is 18.2 Å². The molecule has 0 atom stereocenters. The third-order valence-corrected chi connectivity index (χ3v) is 7.13. The Morgan fingerprint density at radius 3 is 1.76 bits per heavy atom. The lowest BCUT2D eigenvalue weighted by molar-refractivity contribution is -0.432. The molecule has 9 nitrogen and oxygen atoms in total. The van der Waals surface area contributed by atoms with Gasteiger partial charge in [-0.2, -0.15) is 0 Å². The van der Waals surface area contributed by atoms with Gasteiger partial charge in [0.1, 0.15) is 0 Å². The van der Waals surface area contributed by atoms with Gasteiger partial charge in [-0.05, 0) is 64.7 Å². The predicted octanol–water partition coefficient (Wildman–Crippen LogP) is 6.20. The Labute approximate surface area is 229 Å². The smallest absolute Gasteiger partial charge is 0.203 e. The number of nitrogens with zero attached hydrogens (tertiary/aromatic N) is 2. The zero-order valence-corrected chi connectivity index (χ0v) is 22.7. The molecule has 0 bridgehead atoms. The Morgan fingerprint density at radius 2 is 1.26 bits per heavy atom. The van der Waals surface area contributed by atoms with Crippen LogP contribution in [0.2, 0.25) is 0 Å². The van der Waals surface area contributed by atoms with Gasteiger partial charge in [0.2, 0.25) is 5.78 Å². The molecule has 0 radical (unpaired) electrons. The minimum Gasteiger partial charge on any atom is -0.378 e. The van der Waals surface area contributed by atoms with Gasteiger partial charge in [-0.1, -0.05) is 40.4 Å². The molecule has 2 N–H and O–H groups in total. The maximum atomic E-state index is 13.9. The summed E-state index contributed by atoms with van der Waals surface area (Å²) in [5.74, 6) is -0.293. The number of hydrogen-bond acceptors (Lipinski definition) is 11. The van der Waals surface area contributed by atoms with Crippen LogP contribution in [0.3, 0.4) is 0 Å². The fourth-order valence-corrected chi connectivity index (χ4v) is 4.98. The zero-order valence-electron chi connectivity index (χ0n) is 21.1. The van der Waals surface area contributed by atoms with Crippen LogP contribution in [0.1, 0.15) is 22.3 Å². The Morgan fingerprint density at radius 1 is 0.737 bits per heavy atom. The first-order valence-electron chi connectivity index (χ1n) is 11.3. The Kier molecular flexibility index (Phi) is 9.26. The summed E-state index contributed by atoms with van der Waals surface area (Å²) in [4.78, 5) is 18.8. The fraction of sp³-hybridized carbons (Fsp3) is 0.148. The minimum atomic E-state index is -0.293. The summed E-state index contributed by atoms with van der Waals surface area (Å²) in [5.41, 5.74) is 6.33.